The Morgan fingerprint density at radius 3 is 1.41 bits per heavy atom. The van der Waals surface area contributed by atoms with Crippen LogP contribution in [-0.2, 0) is 20.3 Å². The van der Waals surface area contributed by atoms with Crippen molar-refractivity contribution < 1.29 is 19.2 Å². The molecule has 0 radical (unpaired) electrons. The van der Waals surface area contributed by atoms with Crippen LogP contribution in [0.3, 0.4) is 0 Å². The molecule has 0 aromatic heterocycles. The summed E-state index contributed by atoms with van der Waals surface area (Å²) in [5.74, 6) is -1.54. The van der Waals surface area contributed by atoms with E-state index in [1.165, 1.54) is 0 Å². The molecule has 4 aromatic carbocycles. The maximum absolute atomic E-state index is 13.6. The van der Waals surface area contributed by atoms with Crippen molar-refractivity contribution in [2.75, 3.05) is 0 Å². The second kappa shape index (κ2) is 10.7. The monoisotopic (exact) mass is 512 g/mol. The summed E-state index contributed by atoms with van der Waals surface area (Å²) >= 11 is 0. The van der Waals surface area contributed by atoms with Gasteiger partial charge in [0.05, 0.1) is 0 Å². The Labute approximate surface area is 219 Å². The SMILES string of the molecule is Cc1ccc(P(Cc2ccccc2)(OC(=O)CCC(=O)O)(c2ccc(C)cc2)c2ccc(C)cc2)cc1. The van der Waals surface area contributed by atoms with Gasteiger partial charge in [0.25, 0.3) is 0 Å². The van der Waals surface area contributed by atoms with E-state index in [-0.39, 0.29) is 12.8 Å². The topological polar surface area (TPSA) is 63.6 Å². The zero-order valence-corrected chi connectivity index (χ0v) is 22.4. The normalized spacial score (nSPS) is 12.4. The summed E-state index contributed by atoms with van der Waals surface area (Å²) in [6.45, 7) is 2.11. The van der Waals surface area contributed by atoms with Crippen LogP contribution in [0.25, 0.3) is 0 Å². The van der Waals surface area contributed by atoms with Crippen molar-refractivity contribution in [3.63, 3.8) is 0 Å². The van der Waals surface area contributed by atoms with E-state index in [4.69, 9.17) is 4.52 Å². The van der Waals surface area contributed by atoms with Gasteiger partial charge >= 0.3 is 219 Å². The van der Waals surface area contributed by atoms with Gasteiger partial charge < -0.3 is 0 Å². The molecule has 4 aromatic rings. The third-order valence-electron chi connectivity index (χ3n) is 6.91. The van der Waals surface area contributed by atoms with E-state index in [1.807, 2.05) is 39.0 Å². The third kappa shape index (κ3) is 5.21. The number of rotatable bonds is 9. The summed E-state index contributed by atoms with van der Waals surface area (Å²) in [6, 6.07) is 34.8. The summed E-state index contributed by atoms with van der Waals surface area (Å²) in [5.41, 5.74) is 4.34. The van der Waals surface area contributed by atoms with Gasteiger partial charge in [0.1, 0.15) is 0 Å². The molecule has 5 heteroatoms. The summed E-state index contributed by atoms with van der Waals surface area (Å²) < 4.78 is 6.89. The molecule has 0 heterocycles. The van der Waals surface area contributed by atoms with Gasteiger partial charge in [-0.2, -0.15) is 0 Å². The van der Waals surface area contributed by atoms with Gasteiger partial charge in [0.2, 0.25) is 0 Å². The van der Waals surface area contributed by atoms with Crippen LogP contribution in [0, 0.1) is 20.8 Å². The minimum atomic E-state index is -3.99. The van der Waals surface area contributed by atoms with Crippen molar-refractivity contribution in [1.82, 2.24) is 0 Å². The van der Waals surface area contributed by atoms with Gasteiger partial charge in [-0.3, -0.25) is 0 Å². The molecule has 190 valence electrons. The first-order valence-electron chi connectivity index (χ1n) is 12.4. The summed E-state index contributed by atoms with van der Waals surface area (Å²) in [7, 11) is 0. The fourth-order valence-electron chi connectivity index (χ4n) is 4.90. The predicted octanol–water partition coefficient (Wildman–Crippen LogP) is 5.96. The van der Waals surface area contributed by atoms with Crippen LogP contribution in [0.1, 0.15) is 35.1 Å². The Hall–Kier alpha value is -3.75. The standard InChI is InChI=1S/C32H33O4P/c1-24-9-15-28(16-10-24)37(23-27-7-5-4-6-8-27,29-17-11-25(2)12-18-29,30-19-13-26(3)14-20-30)36-32(35)22-21-31(33)34/h4-20H,21-23H2,1-3H3,(H,33,34). The van der Waals surface area contributed by atoms with E-state index in [9.17, 15) is 14.7 Å². The maximum atomic E-state index is 13.6. The third-order valence-corrected chi connectivity index (χ3v) is 12.7. The molecule has 0 fully saturated rings. The van der Waals surface area contributed by atoms with Crippen LogP contribution in [0.5, 0.6) is 0 Å². The molecule has 37 heavy (non-hydrogen) atoms. The van der Waals surface area contributed by atoms with Gasteiger partial charge in [-0.25, -0.2) is 0 Å². The van der Waals surface area contributed by atoms with Gasteiger partial charge in [-0.1, -0.05) is 0 Å². The summed E-state index contributed by atoms with van der Waals surface area (Å²) in [5, 5.41) is 12.1. The molecule has 1 N–H and O–H groups in total. The van der Waals surface area contributed by atoms with Crippen LogP contribution in [0.2, 0.25) is 0 Å². The Morgan fingerprint density at radius 1 is 0.622 bits per heavy atom. The van der Waals surface area contributed by atoms with Gasteiger partial charge in [0.15, 0.2) is 0 Å². The molecule has 0 atom stereocenters. The average Bonchev–Trinajstić information content (AvgIpc) is 2.89. The number of carbonyl (C=O) groups is 2. The molecular weight excluding hydrogens is 479 g/mol. The molecule has 0 spiro atoms. The van der Waals surface area contributed by atoms with Gasteiger partial charge in [0, 0.05) is 0 Å². The van der Waals surface area contributed by atoms with E-state index < -0.39 is 18.8 Å². The zero-order chi connectivity index (χ0) is 26.5. The molecule has 0 amide bonds. The molecule has 0 saturated carbocycles. The average molecular weight is 513 g/mol. The molecular formula is C32H33O4P. The Bertz CT molecular complexity index is 1260. The molecule has 4 nitrogen and oxygen atoms in total. The predicted molar refractivity (Wildman–Crippen MR) is 152 cm³/mol. The Kier molecular flexibility index (Phi) is 7.61. The summed E-state index contributed by atoms with van der Waals surface area (Å²) in [4.78, 5) is 25.0. The van der Waals surface area contributed by atoms with Crippen molar-refractivity contribution in [2.24, 2.45) is 0 Å². The van der Waals surface area contributed by atoms with Crippen molar-refractivity contribution in [1.29, 1.82) is 0 Å². The Morgan fingerprint density at radius 2 is 1.03 bits per heavy atom. The van der Waals surface area contributed by atoms with Crippen molar-refractivity contribution >= 4 is 34.7 Å². The first-order valence-corrected chi connectivity index (χ1v) is 14.8. The first-order chi connectivity index (χ1) is 17.7. The number of carboxylic acid groups (broad SMARTS) is 1. The van der Waals surface area contributed by atoms with Crippen LogP contribution < -0.4 is 15.9 Å². The number of hydrogen-bond acceptors (Lipinski definition) is 3. The number of aryl methyl sites for hydroxylation is 3. The molecule has 0 aliphatic carbocycles. The number of hydrogen-bond donors (Lipinski definition) is 1. The Balaban J connectivity index is 2.14. The van der Waals surface area contributed by atoms with E-state index in [0.29, 0.717) is 6.16 Å². The quantitative estimate of drug-likeness (QED) is 0.281. The summed E-state index contributed by atoms with van der Waals surface area (Å²) in [6.07, 6.45) is -0.0294. The number of carbonyl (C=O) groups excluding carboxylic acids is 1. The van der Waals surface area contributed by atoms with Crippen LogP contribution in [-0.4, -0.2) is 17.0 Å². The first kappa shape index (κ1) is 26.3. The molecule has 0 bridgehead atoms. The molecule has 0 aliphatic rings. The molecule has 4 rings (SSSR count). The minimum absolute atomic E-state index is 0.203. The van der Waals surface area contributed by atoms with E-state index in [2.05, 4.69) is 84.9 Å². The van der Waals surface area contributed by atoms with Gasteiger partial charge in [-0.05, 0) is 0 Å². The van der Waals surface area contributed by atoms with Crippen LogP contribution in [0.4, 0.5) is 0 Å². The second-order valence-corrected chi connectivity index (χ2v) is 14.2. The number of carboxylic acids is 1. The molecule has 0 aliphatic heterocycles. The van der Waals surface area contributed by atoms with Crippen molar-refractivity contribution in [3.8, 4) is 0 Å². The molecule has 0 saturated heterocycles. The van der Waals surface area contributed by atoms with Crippen LogP contribution >= 0.6 is 6.83 Å². The number of benzene rings is 4. The number of aliphatic carboxylic acids is 1. The second-order valence-electron chi connectivity index (χ2n) is 9.72. The fraction of sp³-hybridized carbons (Fsp3) is 0.188. The van der Waals surface area contributed by atoms with Crippen molar-refractivity contribution in [2.45, 2.75) is 39.8 Å². The van der Waals surface area contributed by atoms with E-state index in [0.717, 1.165) is 38.2 Å². The van der Waals surface area contributed by atoms with Gasteiger partial charge in [-0.15, -0.1) is 0 Å². The van der Waals surface area contributed by atoms with Crippen molar-refractivity contribution in [3.05, 3.63) is 125 Å². The van der Waals surface area contributed by atoms with E-state index >= 15 is 0 Å². The fourth-order valence-corrected chi connectivity index (χ4v) is 10.5. The van der Waals surface area contributed by atoms with Crippen LogP contribution in [0.15, 0.2) is 103 Å². The zero-order valence-electron chi connectivity index (χ0n) is 21.6. The molecule has 0 unspecified atom stereocenters. The van der Waals surface area contributed by atoms with E-state index in [1.54, 1.807) is 0 Å².